The summed E-state index contributed by atoms with van der Waals surface area (Å²) in [6, 6.07) is 19.1. The maximum absolute atomic E-state index is 12.8. The van der Waals surface area contributed by atoms with Gasteiger partial charge in [0.25, 0.3) is 0 Å². The number of hydrogen-bond acceptors (Lipinski definition) is 6. The predicted molar refractivity (Wildman–Crippen MR) is 119 cm³/mol. The van der Waals surface area contributed by atoms with E-state index >= 15 is 0 Å². The molecule has 0 amide bonds. The molecule has 1 saturated heterocycles. The lowest BCUT2D eigenvalue weighted by Crippen LogP contribution is -2.48. The molecule has 1 fully saturated rings. The van der Waals surface area contributed by atoms with Crippen LogP contribution >= 0.6 is 0 Å². The number of nitrogen functional groups attached to an aromatic ring is 1. The van der Waals surface area contributed by atoms with Gasteiger partial charge in [-0.3, -0.25) is 4.79 Å². The van der Waals surface area contributed by atoms with E-state index in [1.165, 1.54) is 5.56 Å². The molecule has 0 unspecified atom stereocenters. The van der Waals surface area contributed by atoms with E-state index in [2.05, 4.69) is 27.0 Å². The average molecular weight is 382 g/mol. The van der Waals surface area contributed by atoms with Crippen LogP contribution in [0.25, 0.3) is 0 Å². The molecule has 28 heavy (non-hydrogen) atoms. The van der Waals surface area contributed by atoms with E-state index in [-0.39, 0.29) is 22.8 Å². The molecular formula is C22H31N5O. The molecule has 4 N–H and O–H groups in total. The van der Waals surface area contributed by atoms with E-state index in [0.29, 0.717) is 11.3 Å². The number of carbonyl (C=O) groups excluding carboxylic acids is 1. The lowest BCUT2D eigenvalue weighted by atomic mass is 9.82. The summed E-state index contributed by atoms with van der Waals surface area (Å²) in [5.41, 5.74) is 14.1. The molecule has 0 aliphatic carbocycles. The topological polar surface area (TPSA) is 98.1 Å². The summed E-state index contributed by atoms with van der Waals surface area (Å²) in [5.74, 6) is 0.777. The Balaban J connectivity index is 0.00000240. The van der Waals surface area contributed by atoms with Crippen LogP contribution in [0, 0.1) is 0 Å². The van der Waals surface area contributed by atoms with Crippen molar-refractivity contribution < 1.29 is 10.5 Å². The monoisotopic (exact) mass is 381 g/mol. The summed E-state index contributed by atoms with van der Waals surface area (Å²) in [4.78, 5) is 23.5. The van der Waals surface area contributed by atoms with Crippen LogP contribution in [-0.2, 0) is 5.54 Å². The summed E-state index contributed by atoms with van der Waals surface area (Å²) in [6.45, 7) is 1.57. The maximum Gasteiger partial charge on any atom is 0.215 e. The highest BCUT2D eigenvalue weighted by Gasteiger charge is 2.32. The number of nitrogens with zero attached hydrogens (tertiary/aromatic N) is 3. The summed E-state index contributed by atoms with van der Waals surface area (Å²) >= 11 is 0. The highest BCUT2D eigenvalue weighted by molar-refractivity contribution is 6.10. The number of pyridine rings is 2. The average Bonchev–Trinajstić information content (AvgIpc) is 2.75. The van der Waals surface area contributed by atoms with Crippen molar-refractivity contribution in [3.63, 3.8) is 0 Å². The Labute approximate surface area is 170 Å². The van der Waals surface area contributed by atoms with Gasteiger partial charge in [0.05, 0.1) is 5.56 Å². The van der Waals surface area contributed by atoms with Crippen LogP contribution in [0.2, 0.25) is 0 Å². The van der Waals surface area contributed by atoms with Crippen molar-refractivity contribution in [2.45, 2.75) is 18.4 Å². The molecule has 150 valence electrons. The zero-order valence-corrected chi connectivity index (χ0v) is 15.6. The van der Waals surface area contributed by atoms with Crippen LogP contribution in [0.4, 0.5) is 11.6 Å². The second kappa shape index (κ2) is 7.40. The Bertz CT molecular complexity index is 998. The molecule has 0 radical (unpaired) electrons. The SMILES string of the molecule is Nc1ncccc1C(=O)c1cccc(N2CCC(N)(c3ccccc3)CC2)n1.[HH].[HH].[HH].[HH]. The summed E-state index contributed by atoms with van der Waals surface area (Å²) in [5, 5.41) is 0. The first kappa shape index (κ1) is 18.1. The van der Waals surface area contributed by atoms with Gasteiger partial charge < -0.3 is 16.4 Å². The standard InChI is InChI=1S/C22H23N5O.4H2/c23-21-17(8-5-13-25-21)20(28)18-9-4-10-19(26-18)27-14-11-22(24,12-15-27)16-6-2-1-3-7-16;;;;/h1-10,13H,11-12,14-15,24H2,(H2,23,25);4*1H. The summed E-state index contributed by atoms with van der Waals surface area (Å²) < 4.78 is 0. The van der Waals surface area contributed by atoms with Crippen LogP contribution in [0.15, 0.2) is 66.9 Å². The molecule has 0 bridgehead atoms. The molecule has 3 aromatic rings. The van der Waals surface area contributed by atoms with E-state index in [9.17, 15) is 4.79 Å². The van der Waals surface area contributed by atoms with Gasteiger partial charge in [0.1, 0.15) is 17.3 Å². The van der Waals surface area contributed by atoms with Crippen molar-refractivity contribution >= 4 is 17.4 Å². The second-order valence-corrected chi connectivity index (χ2v) is 7.16. The van der Waals surface area contributed by atoms with Crippen LogP contribution < -0.4 is 16.4 Å². The van der Waals surface area contributed by atoms with E-state index in [1.54, 1.807) is 24.4 Å². The van der Waals surface area contributed by atoms with Gasteiger partial charge in [-0.15, -0.1) is 0 Å². The van der Waals surface area contributed by atoms with Crippen molar-refractivity contribution in [3.8, 4) is 0 Å². The number of benzene rings is 1. The Morgan fingerprint density at radius 3 is 2.46 bits per heavy atom. The molecule has 6 heteroatoms. The first-order valence-corrected chi connectivity index (χ1v) is 9.38. The highest BCUT2D eigenvalue weighted by Crippen LogP contribution is 2.32. The van der Waals surface area contributed by atoms with Crippen molar-refractivity contribution in [2.24, 2.45) is 5.73 Å². The molecule has 0 spiro atoms. The molecule has 1 aromatic carbocycles. The molecule has 0 saturated carbocycles. The highest BCUT2D eigenvalue weighted by atomic mass is 16.1. The predicted octanol–water partition coefficient (Wildman–Crippen LogP) is 3.73. The quantitative estimate of drug-likeness (QED) is 0.668. The number of ketones is 1. The van der Waals surface area contributed by atoms with Gasteiger partial charge in [-0.1, -0.05) is 36.4 Å². The van der Waals surface area contributed by atoms with Gasteiger partial charge in [0, 0.05) is 30.5 Å². The Kier molecular flexibility index (Phi) is 4.79. The smallest absolute Gasteiger partial charge is 0.215 e. The Morgan fingerprint density at radius 2 is 1.75 bits per heavy atom. The fraction of sp³-hybridized carbons (Fsp3) is 0.227. The van der Waals surface area contributed by atoms with Gasteiger partial charge in [0.15, 0.2) is 0 Å². The second-order valence-electron chi connectivity index (χ2n) is 7.16. The lowest BCUT2D eigenvalue weighted by Gasteiger charge is -2.40. The van der Waals surface area contributed by atoms with Crippen molar-refractivity contribution in [2.75, 3.05) is 23.7 Å². The van der Waals surface area contributed by atoms with Gasteiger partial charge in [-0.05, 0) is 42.7 Å². The fourth-order valence-corrected chi connectivity index (χ4v) is 3.67. The molecule has 1 aliphatic heterocycles. The zero-order chi connectivity index (χ0) is 19.6. The van der Waals surface area contributed by atoms with Crippen LogP contribution in [0.5, 0.6) is 0 Å². The molecule has 2 aromatic heterocycles. The van der Waals surface area contributed by atoms with Crippen molar-refractivity contribution in [1.82, 2.24) is 9.97 Å². The number of anilines is 2. The van der Waals surface area contributed by atoms with Gasteiger partial charge >= 0.3 is 0 Å². The van der Waals surface area contributed by atoms with Crippen LogP contribution in [-0.4, -0.2) is 28.8 Å². The number of piperidine rings is 1. The van der Waals surface area contributed by atoms with E-state index in [4.69, 9.17) is 11.5 Å². The maximum atomic E-state index is 12.8. The molecule has 0 atom stereocenters. The number of hydrogen-bond donors (Lipinski definition) is 2. The third kappa shape index (κ3) is 3.46. The largest absolute Gasteiger partial charge is 0.383 e. The molecular weight excluding hydrogens is 350 g/mol. The third-order valence-corrected chi connectivity index (χ3v) is 5.38. The number of aromatic nitrogens is 2. The van der Waals surface area contributed by atoms with Gasteiger partial charge in [-0.2, -0.15) is 0 Å². The van der Waals surface area contributed by atoms with Crippen LogP contribution in [0.1, 0.15) is 40.2 Å². The number of nitrogens with two attached hydrogens (primary N) is 2. The lowest BCUT2D eigenvalue weighted by molar-refractivity contribution is 0.103. The summed E-state index contributed by atoms with van der Waals surface area (Å²) in [7, 11) is 0. The Hall–Kier alpha value is -3.25. The minimum absolute atomic E-state index is 0. The zero-order valence-electron chi connectivity index (χ0n) is 15.6. The van der Waals surface area contributed by atoms with E-state index < -0.39 is 0 Å². The van der Waals surface area contributed by atoms with E-state index in [1.807, 2.05) is 30.3 Å². The molecule has 4 rings (SSSR count). The minimum Gasteiger partial charge on any atom is -0.383 e. The molecule has 1 aliphatic rings. The normalized spacial score (nSPS) is 16.0. The van der Waals surface area contributed by atoms with Gasteiger partial charge in [0.2, 0.25) is 5.78 Å². The number of carbonyl (C=O) groups is 1. The van der Waals surface area contributed by atoms with E-state index in [0.717, 1.165) is 31.7 Å². The Morgan fingerprint density at radius 1 is 1.00 bits per heavy atom. The summed E-state index contributed by atoms with van der Waals surface area (Å²) in [6.07, 6.45) is 3.22. The number of rotatable bonds is 4. The van der Waals surface area contributed by atoms with Crippen LogP contribution in [0.3, 0.4) is 0 Å². The fourth-order valence-electron chi connectivity index (χ4n) is 3.67. The van der Waals surface area contributed by atoms with Crippen molar-refractivity contribution in [1.29, 1.82) is 0 Å². The first-order chi connectivity index (χ1) is 13.6. The first-order valence-electron chi connectivity index (χ1n) is 9.38. The third-order valence-electron chi connectivity index (χ3n) is 5.38. The van der Waals surface area contributed by atoms with Crippen molar-refractivity contribution in [3.05, 3.63) is 83.7 Å². The van der Waals surface area contributed by atoms with Gasteiger partial charge in [-0.25, -0.2) is 9.97 Å². The minimum atomic E-state index is -0.324. The molecule has 6 nitrogen and oxygen atoms in total. The molecule has 3 heterocycles.